The van der Waals surface area contributed by atoms with E-state index >= 15 is 0 Å². The van der Waals surface area contributed by atoms with Crippen LogP contribution in [0.1, 0.15) is 12.5 Å². The van der Waals surface area contributed by atoms with Gasteiger partial charge in [0.05, 0.1) is 5.56 Å². The maximum absolute atomic E-state index is 13.0. The molecule has 0 fully saturated rings. The van der Waals surface area contributed by atoms with Crippen LogP contribution >= 0.6 is 23.4 Å². The molecule has 0 unspecified atom stereocenters. The van der Waals surface area contributed by atoms with E-state index in [1.54, 1.807) is 29.4 Å². The van der Waals surface area contributed by atoms with Gasteiger partial charge < -0.3 is 4.57 Å². The minimum atomic E-state index is -4.49. The number of halogens is 4. The molecule has 0 aliphatic rings. The molecule has 4 aromatic rings. The van der Waals surface area contributed by atoms with Gasteiger partial charge in [-0.3, -0.25) is 0 Å². The predicted octanol–water partition coefficient (Wildman–Crippen LogP) is 4.40. The summed E-state index contributed by atoms with van der Waals surface area (Å²) in [5.41, 5.74) is 0.129. The largest absolute Gasteiger partial charge is 0.417 e. The molecule has 0 atom stereocenters. The number of alkyl halides is 3. The fraction of sp³-hybridized carbons (Fsp3) is 0.235. The minimum Gasteiger partial charge on any atom is -0.310 e. The van der Waals surface area contributed by atoms with Crippen molar-refractivity contribution in [2.75, 3.05) is 5.75 Å². The first-order valence-corrected chi connectivity index (χ1v) is 9.75. The molecule has 0 bridgehead atoms. The number of hydrogen-bond acceptors (Lipinski definition) is 6. The molecule has 4 aromatic heterocycles. The number of pyridine rings is 2. The molecule has 0 spiro atoms. The third kappa shape index (κ3) is 3.67. The topological polar surface area (TPSA) is 74.3 Å². The Morgan fingerprint density at radius 1 is 1.17 bits per heavy atom. The Labute approximate surface area is 172 Å². The normalized spacial score (nSPS) is 12.1. The lowest BCUT2D eigenvalue weighted by Crippen LogP contribution is -2.05. The van der Waals surface area contributed by atoms with Crippen LogP contribution in [0.2, 0.25) is 5.28 Å². The highest BCUT2D eigenvalue weighted by atomic mass is 35.5. The summed E-state index contributed by atoms with van der Waals surface area (Å²) < 4.78 is 42.1. The van der Waals surface area contributed by atoms with Crippen LogP contribution in [0.25, 0.3) is 28.5 Å². The van der Waals surface area contributed by atoms with E-state index in [1.807, 2.05) is 13.0 Å². The highest BCUT2D eigenvalue weighted by molar-refractivity contribution is 7.99. The quantitative estimate of drug-likeness (QED) is 0.439. The molecule has 0 saturated heterocycles. The Morgan fingerprint density at radius 2 is 1.97 bits per heavy atom. The van der Waals surface area contributed by atoms with Gasteiger partial charge in [-0.25, -0.2) is 24.6 Å². The molecule has 29 heavy (non-hydrogen) atoms. The molecule has 0 aliphatic carbocycles. The van der Waals surface area contributed by atoms with Gasteiger partial charge in [0.1, 0.15) is 17.5 Å². The van der Waals surface area contributed by atoms with Crippen molar-refractivity contribution in [3.63, 3.8) is 0 Å². The first-order chi connectivity index (χ1) is 13.8. The summed E-state index contributed by atoms with van der Waals surface area (Å²) in [5.74, 6) is 1.63. The van der Waals surface area contributed by atoms with Gasteiger partial charge in [0.2, 0.25) is 5.28 Å². The second kappa shape index (κ2) is 7.30. The lowest BCUT2D eigenvalue weighted by Gasteiger charge is -2.10. The van der Waals surface area contributed by atoms with Crippen molar-refractivity contribution >= 4 is 34.5 Å². The highest BCUT2D eigenvalue weighted by Crippen LogP contribution is 2.34. The summed E-state index contributed by atoms with van der Waals surface area (Å²) in [6.45, 7) is 1.99. The Kier molecular flexibility index (Phi) is 4.95. The van der Waals surface area contributed by atoms with Crippen LogP contribution in [0, 0.1) is 0 Å². The number of fused-ring (bicyclic) bond motifs is 1. The van der Waals surface area contributed by atoms with E-state index in [9.17, 15) is 13.2 Å². The summed E-state index contributed by atoms with van der Waals surface area (Å²) >= 11 is 7.33. The maximum atomic E-state index is 13.0. The highest BCUT2D eigenvalue weighted by Gasteiger charge is 2.32. The number of aryl methyl sites for hydroxylation is 1. The second-order valence-electron chi connectivity index (χ2n) is 5.97. The van der Waals surface area contributed by atoms with E-state index in [2.05, 4.69) is 25.0 Å². The SMILES string of the molecule is CCSc1ccc(-n2cnc(Cl)n2)nc1-c1nc2cc(C(F)(F)F)cnc2n1C. The first kappa shape index (κ1) is 19.6. The molecule has 150 valence electrons. The number of aromatic nitrogens is 7. The van der Waals surface area contributed by atoms with Gasteiger partial charge >= 0.3 is 6.18 Å². The van der Waals surface area contributed by atoms with E-state index in [1.165, 1.54) is 11.0 Å². The van der Waals surface area contributed by atoms with Gasteiger partial charge in [-0.05, 0) is 35.6 Å². The van der Waals surface area contributed by atoms with Crippen molar-refractivity contribution in [1.29, 1.82) is 0 Å². The van der Waals surface area contributed by atoms with Gasteiger partial charge in [-0.2, -0.15) is 13.2 Å². The summed E-state index contributed by atoms with van der Waals surface area (Å²) in [5, 5.41) is 4.11. The number of imidazole rings is 1. The van der Waals surface area contributed by atoms with Gasteiger partial charge in [0, 0.05) is 18.1 Å². The molecule has 0 N–H and O–H groups in total. The molecule has 4 rings (SSSR count). The Balaban J connectivity index is 1.90. The van der Waals surface area contributed by atoms with Crippen LogP contribution < -0.4 is 0 Å². The zero-order chi connectivity index (χ0) is 20.8. The second-order valence-corrected chi connectivity index (χ2v) is 7.61. The van der Waals surface area contributed by atoms with Gasteiger partial charge in [-0.1, -0.05) is 6.92 Å². The molecule has 4 heterocycles. The average molecular weight is 440 g/mol. The minimum absolute atomic E-state index is 0.0759. The predicted molar refractivity (Wildman–Crippen MR) is 103 cm³/mol. The van der Waals surface area contributed by atoms with Gasteiger partial charge in [-0.15, -0.1) is 16.9 Å². The third-order valence-electron chi connectivity index (χ3n) is 4.09. The molecular formula is C17H13ClF3N7S. The van der Waals surface area contributed by atoms with Crippen LogP contribution in [0.5, 0.6) is 0 Å². The maximum Gasteiger partial charge on any atom is 0.417 e. The van der Waals surface area contributed by atoms with Gasteiger partial charge in [0.25, 0.3) is 0 Å². The molecule has 0 aliphatic heterocycles. The van der Waals surface area contributed by atoms with Crippen LogP contribution in [0.15, 0.2) is 35.6 Å². The van der Waals surface area contributed by atoms with E-state index in [0.717, 1.165) is 22.9 Å². The van der Waals surface area contributed by atoms with E-state index in [-0.39, 0.29) is 10.8 Å². The van der Waals surface area contributed by atoms with Crippen molar-refractivity contribution in [1.82, 2.24) is 34.3 Å². The number of nitrogens with zero attached hydrogens (tertiary/aromatic N) is 7. The molecule has 0 aromatic carbocycles. The van der Waals surface area contributed by atoms with Crippen molar-refractivity contribution in [2.24, 2.45) is 7.05 Å². The first-order valence-electron chi connectivity index (χ1n) is 8.39. The van der Waals surface area contributed by atoms with Crippen LogP contribution in [0.3, 0.4) is 0 Å². The third-order valence-corrected chi connectivity index (χ3v) is 5.19. The lowest BCUT2D eigenvalue weighted by molar-refractivity contribution is -0.137. The molecular weight excluding hydrogens is 427 g/mol. The van der Waals surface area contributed by atoms with Crippen molar-refractivity contribution in [3.8, 4) is 17.3 Å². The summed E-state index contributed by atoms with van der Waals surface area (Å²) in [6.07, 6.45) is -2.27. The number of thioether (sulfide) groups is 1. The van der Waals surface area contributed by atoms with E-state index in [0.29, 0.717) is 23.0 Å². The number of hydrogen-bond donors (Lipinski definition) is 0. The summed E-state index contributed by atoms with van der Waals surface area (Å²) in [7, 11) is 1.69. The average Bonchev–Trinajstić information content (AvgIpc) is 3.25. The standard InChI is InChI=1S/C17H13ClF3N7S/c1-3-29-11-4-5-12(28-8-23-16(18)26-28)25-13(11)15-24-10-6-9(17(19,20)21)7-22-14(10)27(15)2/h4-8H,3H2,1-2H3. The molecule has 0 amide bonds. The van der Waals surface area contributed by atoms with Crippen molar-refractivity contribution in [2.45, 2.75) is 18.0 Å². The molecule has 7 nitrogen and oxygen atoms in total. The molecule has 0 saturated carbocycles. The van der Waals surface area contributed by atoms with Crippen LogP contribution in [0.4, 0.5) is 13.2 Å². The van der Waals surface area contributed by atoms with Crippen molar-refractivity contribution in [3.05, 3.63) is 41.6 Å². The zero-order valence-electron chi connectivity index (χ0n) is 15.1. The summed E-state index contributed by atoms with van der Waals surface area (Å²) in [6, 6.07) is 4.60. The number of rotatable bonds is 4. The smallest absolute Gasteiger partial charge is 0.310 e. The Hall–Kier alpha value is -2.66. The lowest BCUT2D eigenvalue weighted by atomic mass is 10.2. The molecule has 12 heteroatoms. The zero-order valence-corrected chi connectivity index (χ0v) is 16.7. The van der Waals surface area contributed by atoms with Gasteiger partial charge in [0.15, 0.2) is 17.3 Å². The van der Waals surface area contributed by atoms with Crippen molar-refractivity contribution < 1.29 is 13.2 Å². The van der Waals surface area contributed by atoms with Crippen LogP contribution in [-0.4, -0.2) is 40.0 Å². The van der Waals surface area contributed by atoms with Crippen LogP contribution in [-0.2, 0) is 13.2 Å². The Bertz CT molecular complexity index is 1200. The Morgan fingerprint density at radius 3 is 2.62 bits per heavy atom. The summed E-state index contributed by atoms with van der Waals surface area (Å²) in [4.78, 5) is 17.7. The molecule has 0 radical (unpaired) electrons. The monoisotopic (exact) mass is 439 g/mol. The van der Waals surface area contributed by atoms with E-state index < -0.39 is 11.7 Å². The fourth-order valence-corrected chi connectivity index (χ4v) is 3.67. The fourth-order valence-electron chi connectivity index (χ4n) is 2.79. The van der Waals surface area contributed by atoms with E-state index in [4.69, 9.17) is 11.6 Å².